The molecule has 0 radical (unpaired) electrons. The molecule has 110 valence electrons. The molecule has 1 aromatic carbocycles. The van der Waals surface area contributed by atoms with E-state index in [9.17, 15) is 22.8 Å². The third-order valence-corrected chi connectivity index (χ3v) is 2.45. The Bertz CT molecular complexity index is 465. The first-order chi connectivity index (χ1) is 9.28. The summed E-state index contributed by atoms with van der Waals surface area (Å²) in [5, 5.41) is 8.43. The number of carboxylic acid groups (broad SMARTS) is 1. The number of aliphatic carboxylic acids is 1. The summed E-state index contributed by atoms with van der Waals surface area (Å²) in [4.78, 5) is 22.0. The lowest BCUT2D eigenvalue weighted by Crippen LogP contribution is -2.17. The first-order valence-corrected chi connectivity index (χ1v) is 5.89. The highest BCUT2D eigenvalue weighted by Gasteiger charge is 2.31. The van der Waals surface area contributed by atoms with Crippen LogP contribution in [0.5, 0.6) is 5.75 Å². The van der Waals surface area contributed by atoms with Crippen molar-refractivity contribution in [1.82, 2.24) is 0 Å². The number of ketones is 1. The minimum absolute atomic E-state index is 0.00829. The predicted molar refractivity (Wildman–Crippen MR) is 63.6 cm³/mol. The summed E-state index contributed by atoms with van der Waals surface area (Å²) < 4.78 is 39.5. The van der Waals surface area contributed by atoms with Gasteiger partial charge < -0.3 is 9.84 Å². The minimum Gasteiger partial charge on any atom is -0.481 e. The smallest absolute Gasteiger partial charge is 0.481 e. The van der Waals surface area contributed by atoms with Gasteiger partial charge in [0.2, 0.25) is 0 Å². The molecule has 0 unspecified atom stereocenters. The molecule has 20 heavy (non-hydrogen) atoms. The molecule has 0 saturated heterocycles. The molecular weight excluding hydrogens is 277 g/mol. The molecule has 0 aliphatic rings. The number of hydrogen-bond donors (Lipinski definition) is 1. The van der Waals surface area contributed by atoms with Gasteiger partial charge in [0.25, 0.3) is 0 Å². The molecular formula is C13H13F3O4. The molecule has 0 heterocycles. The van der Waals surface area contributed by atoms with Gasteiger partial charge in [0.05, 0.1) is 0 Å². The van der Waals surface area contributed by atoms with Crippen molar-refractivity contribution in [2.75, 3.05) is 0 Å². The van der Waals surface area contributed by atoms with Gasteiger partial charge in [-0.2, -0.15) is 0 Å². The van der Waals surface area contributed by atoms with E-state index in [-0.39, 0.29) is 29.9 Å². The molecule has 0 amide bonds. The maximum absolute atomic E-state index is 11.9. The molecule has 0 fully saturated rings. The second-order valence-electron chi connectivity index (χ2n) is 4.10. The second kappa shape index (κ2) is 6.93. The van der Waals surface area contributed by atoms with Crippen molar-refractivity contribution in [1.29, 1.82) is 0 Å². The van der Waals surface area contributed by atoms with Crippen molar-refractivity contribution in [3.05, 3.63) is 29.8 Å². The fourth-order valence-corrected chi connectivity index (χ4v) is 1.55. The first-order valence-electron chi connectivity index (χ1n) is 5.89. The molecule has 0 spiro atoms. The summed E-state index contributed by atoms with van der Waals surface area (Å²) in [5.74, 6) is -1.56. The van der Waals surface area contributed by atoms with E-state index in [2.05, 4.69) is 4.74 Å². The number of halogens is 3. The van der Waals surface area contributed by atoms with Gasteiger partial charge in [0.15, 0.2) is 5.78 Å². The maximum Gasteiger partial charge on any atom is 0.573 e. The zero-order valence-electron chi connectivity index (χ0n) is 10.4. The van der Waals surface area contributed by atoms with Crippen molar-refractivity contribution in [2.24, 2.45) is 0 Å². The van der Waals surface area contributed by atoms with Crippen LogP contribution < -0.4 is 4.74 Å². The van der Waals surface area contributed by atoms with E-state index in [1.54, 1.807) is 0 Å². The number of benzene rings is 1. The van der Waals surface area contributed by atoms with Crippen LogP contribution in [0.1, 0.15) is 36.0 Å². The highest BCUT2D eigenvalue weighted by atomic mass is 19.4. The van der Waals surface area contributed by atoms with Crippen LogP contribution in [0.4, 0.5) is 13.2 Å². The Labute approximate surface area is 113 Å². The lowest BCUT2D eigenvalue weighted by molar-refractivity contribution is -0.274. The Balaban J connectivity index is 2.47. The molecule has 7 heteroatoms. The van der Waals surface area contributed by atoms with Crippen LogP contribution in [0.2, 0.25) is 0 Å². The molecule has 0 bridgehead atoms. The SMILES string of the molecule is O=C(O)CCCCC(=O)c1ccc(OC(F)(F)F)cc1. The fraction of sp³-hybridized carbons (Fsp3) is 0.385. The lowest BCUT2D eigenvalue weighted by Gasteiger charge is -2.08. The van der Waals surface area contributed by atoms with Gasteiger partial charge in [-0.05, 0) is 37.1 Å². The zero-order valence-corrected chi connectivity index (χ0v) is 10.4. The predicted octanol–water partition coefficient (Wildman–Crippen LogP) is 3.41. The van der Waals surface area contributed by atoms with Crippen molar-refractivity contribution in [2.45, 2.75) is 32.0 Å². The number of carbonyl (C=O) groups is 2. The number of unbranched alkanes of at least 4 members (excludes halogenated alkanes) is 1. The van der Waals surface area contributed by atoms with Gasteiger partial charge in [0.1, 0.15) is 5.75 Å². The molecule has 1 rings (SSSR count). The Hall–Kier alpha value is -2.05. The standard InChI is InChI=1S/C13H13F3O4/c14-13(15,16)20-10-7-5-9(6-8-10)11(17)3-1-2-4-12(18)19/h5-8H,1-4H2,(H,18,19). The Morgan fingerprint density at radius 3 is 2.10 bits per heavy atom. The van der Waals surface area contributed by atoms with Gasteiger partial charge in [0, 0.05) is 18.4 Å². The molecule has 1 aromatic rings. The van der Waals surface area contributed by atoms with Crippen LogP contribution in [0.25, 0.3) is 0 Å². The minimum atomic E-state index is -4.76. The number of rotatable bonds is 7. The van der Waals surface area contributed by atoms with Gasteiger partial charge in [-0.3, -0.25) is 9.59 Å². The quantitative estimate of drug-likeness (QED) is 0.617. The van der Waals surface area contributed by atoms with Crippen LogP contribution in [-0.2, 0) is 4.79 Å². The normalized spacial score (nSPS) is 11.2. The summed E-state index contributed by atoms with van der Waals surface area (Å²) in [6, 6.07) is 4.64. The van der Waals surface area contributed by atoms with Gasteiger partial charge in [-0.1, -0.05) is 0 Å². The van der Waals surface area contributed by atoms with Gasteiger partial charge in [-0.25, -0.2) is 0 Å². The molecule has 0 aliphatic carbocycles. The third-order valence-electron chi connectivity index (χ3n) is 2.45. The lowest BCUT2D eigenvalue weighted by atomic mass is 10.0. The van der Waals surface area contributed by atoms with Gasteiger partial charge >= 0.3 is 12.3 Å². The van der Waals surface area contributed by atoms with Crippen LogP contribution >= 0.6 is 0 Å². The molecule has 4 nitrogen and oxygen atoms in total. The third kappa shape index (κ3) is 6.21. The van der Waals surface area contributed by atoms with E-state index in [1.807, 2.05) is 0 Å². The zero-order chi connectivity index (χ0) is 15.2. The first kappa shape index (κ1) is 16.0. The molecule has 0 saturated carbocycles. The van der Waals surface area contributed by atoms with Crippen molar-refractivity contribution in [3.63, 3.8) is 0 Å². The number of alkyl halides is 3. The van der Waals surface area contributed by atoms with E-state index in [4.69, 9.17) is 5.11 Å². The molecule has 0 atom stereocenters. The van der Waals surface area contributed by atoms with Crippen LogP contribution in [0.15, 0.2) is 24.3 Å². The highest BCUT2D eigenvalue weighted by Crippen LogP contribution is 2.23. The summed E-state index contributed by atoms with van der Waals surface area (Å²) in [5.41, 5.74) is 0.273. The number of hydrogen-bond acceptors (Lipinski definition) is 3. The van der Waals surface area contributed by atoms with Crippen LogP contribution in [0.3, 0.4) is 0 Å². The Kier molecular flexibility index (Phi) is 5.54. The van der Waals surface area contributed by atoms with Crippen molar-refractivity contribution < 1.29 is 32.6 Å². The van der Waals surface area contributed by atoms with E-state index in [1.165, 1.54) is 12.1 Å². The van der Waals surface area contributed by atoms with E-state index in [0.29, 0.717) is 12.8 Å². The summed E-state index contributed by atoms with van der Waals surface area (Å²) in [7, 11) is 0. The monoisotopic (exact) mass is 290 g/mol. The van der Waals surface area contributed by atoms with Crippen LogP contribution in [-0.4, -0.2) is 23.2 Å². The van der Waals surface area contributed by atoms with Gasteiger partial charge in [-0.15, -0.1) is 13.2 Å². The largest absolute Gasteiger partial charge is 0.573 e. The van der Waals surface area contributed by atoms with Crippen molar-refractivity contribution >= 4 is 11.8 Å². The second-order valence-corrected chi connectivity index (χ2v) is 4.10. The topological polar surface area (TPSA) is 63.6 Å². The Morgan fingerprint density at radius 1 is 1.05 bits per heavy atom. The summed E-state index contributed by atoms with van der Waals surface area (Å²) in [6.07, 6.45) is -3.80. The number of Topliss-reactive ketones (excluding diaryl/α,β-unsaturated/α-hetero) is 1. The average molecular weight is 290 g/mol. The van der Waals surface area contributed by atoms with E-state index >= 15 is 0 Å². The number of ether oxygens (including phenoxy) is 1. The number of carboxylic acids is 1. The number of carbonyl (C=O) groups excluding carboxylic acids is 1. The molecule has 0 aliphatic heterocycles. The average Bonchev–Trinajstić information content (AvgIpc) is 2.33. The molecule has 0 aromatic heterocycles. The summed E-state index contributed by atoms with van der Waals surface area (Å²) in [6.45, 7) is 0. The highest BCUT2D eigenvalue weighted by molar-refractivity contribution is 5.96. The van der Waals surface area contributed by atoms with E-state index < -0.39 is 12.3 Å². The van der Waals surface area contributed by atoms with Crippen molar-refractivity contribution in [3.8, 4) is 5.75 Å². The fourth-order valence-electron chi connectivity index (χ4n) is 1.55. The summed E-state index contributed by atoms with van der Waals surface area (Å²) >= 11 is 0. The van der Waals surface area contributed by atoms with E-state index in [0.717, 1.165) is 12.1 Å². The molecule has 1 N–H and O–H groups in total. The Morgan fingerprint density at radius 2 is 1.60 bits per heavy atom. The maximum atomic E-state index is 11.9. The van der Waals surface area contributed by atoms with Crippen LogP contribution in [0, 0.1) is 0 Å².